The molecule has 0 aromatic heterocycles. The van der Waals surface area contributed by atoms with Crippen LogP contribution in [0.15, 0.2) is 77.7 Å². The van der Waals surface area contributed by atoms with Crippen molar-refractivity contribution in [2.24, 2.45) is 0 Å². The van der Waals surface area contributed by atoms with Crippen LogP contribution in [0.3, 0.4) is 0 Å². The molecule has 0 aliphatic heterocycles. The minimum absolute atomic E-state index is 0.107. The van der Waals surface area contributed by atoms with Gasteiger partial charge in [0.25, 0.3) is 10.0 Å². The van der Waals surface area contributed by atoms with Crippen LogP contribution in [-0.2, 0) is 14.8 Å². The number of benzene rings is 3. The highest BCUT2D eigenvalue weighted by Crippen LogP contribution is 2.27. The van der Waals surface area contributed by atoms with Crippen LogP contribution in [0.5, 0.6) is 11.5 Å². The van der Waals surface area contributed by atoms with Crippen LogP contribution < -0.4 is 19.1 Å². The average molecular weight is 455 g/mol. The van der Waals surface area contributed by atoms with Crippen LogP contribution in [0, 0.1) is 6.92 Å². The zero-order chi connectivity index (χ0) is 23.1. The van der Waals surface area contributed by atoms with Gasteiger partial charge in [0.05, 0.1) is 30.0 Å². The smallest absolute Gasteiger partial charge is 0.264 e. The number of carbonyl (C=O) groups excluding carboxylic acids is 1. The molecule has 3 rings (SSSR count). The third kappa shape index (κ3) is 5.39. The second kappa shape index (κ2) is 10.2. The zero-order valence-electron chi connectivity index (χ0n) is 18.2. The zero-order valence-corrected chi connectivity index (χ0v) is 19.1. The van der Waals surface area contributed by atoms with Gasteiger partial charge in [-0.3, -0.25) is 9.10 Å². The Hall–Kier alpha value is -3.52. The van der Waals surface area contributed by atoms with Crippen molar-refractivity contribution in [3.05, 3.63) is 78.4 Å². The first kappa shape index (κ1) is 23.1. The predicted molar refractivity (Wildman–Crippen MR) is 125 cm³/mol. The lowest BCUT2D eigenvalue weighted by Crippen LogP contribution is -2.38. The molecule has 0 saturated carbocycles. The summed E-state index contributed by atoms with van der Waals surface area (Å²) in [6.45, 7) is 3.68. The third-order valence-corrected chi connectivity index (χ3v) is 6.46. The topological polar surface area (TPSA) is 84.9 Å². The van der Waals surface area contributed by atoms with E-state index in [1.165, 1.54) is 13.2 Å². The number of hydrogen-bond acceptors (Lipinski definition) is 5. The first-order chi connectivity index (χ1) is 15.3. The molecule has 3 aromatic rings. The molecule has 7 nitrogen and oxygen atoms in total. The maximum Gasteiger partial charge on any atom is 0.264 e. The molecule has 0 spiro atoms. The van der Waals surface area contributed by atoms with E-state index >= 15 is 0 Å². The second-order valence-electron chi connectivity index (χ2n) is 7.00. The molecule has 0 fully saturated rings. The van der Waals surface area contributed by atoms with Crippen LogP contribution in [0.25, 0.3) is 0 Å². The molecule has 0 saturated heterocycles. The largest absolute Gasteiger partial charge is 0.497 e. The normalized spacial score (nSPS) is 11.0. The highest BCUT2D eigenvalue weighted by molar-refractivity contribution is 7.92. The quantitative estimate of drug-likeness (QED) is 0.523. The summed E-state index contributed by atoms with van der Waals surface area (Å²) in [5.74, 6) is 0.599. The van der Waals surface area contributed by atoms with E-state index in [1.807, 2.05) is 19.9 Å². The summed E-state index contributed by atoms with van der Waals surface area (Å²) >= 11 is 0. The number of amides is 1. The molecule has 0 aliphatic rings. The Morgan fingerprint density at radius 1 is 1.00 bits per heavy atom. The molecule has 168 valence electrons. The number of para-hydroxylation sites is 2. The molecule has 0 bridgehead atoms. The van der Waals surface area contributed by atoms with E-state index in [0.29, 0.717) is 29.5 Å². The highest BCUT2D eigenvalue weighted by Gasteiger charge is 2.27. The van der Waals surface area contributed by atoms with Gasteiger partial charge in [-0.1, -0.05) is 24.3 Å². The van der Waals surface area contributed by atoms with E-state index < -0.39 is 22.5 Å². The van der Waals surface area contributed by atoms with Crippen molar-refractivity contribution in [2.45, 2.75) is 18.7 Å². The molecule has 3 aromatic carbocycles. The first-order valence-corrected chi connectivity index (χ1v) is 11.5. The molecule has 0 radical (unpaired) electrons. The Labute approximate surface area is 188 Å². The Morgan fingerprint density at radius 3 is 2.38 bits per heavy atom. The molecular weight excluding hydrogens is 428 g/mol. The molecule has 0 unspecified atom stereocenters. The van der Waals surface area contributed by atoms with Crippen molar-refractivity contribution >= 4 is 27.3 Å². The lowest BCUT2D eigenvalue weighted by molar-refractivity contribution is -0.114. The van der Waals surface area contributed by atoms with Crippen molar-refractivity contribution in [3.8, 4) is 11.5 Å². The number of hydrogen-bond donors (Lipinski definition) is 1. The average Bonchev–Trinajstić information content (AvgIpc) is 2.79. The minimum atomic E-state index is -4.00. The molecule has 0 aliphatic carbocycles. The molecule has 32 heavy (non-hydrogen) atoms. The van der Waals surface area contributed by atoms with Gasteiger partial charge in [-0.15, -0.1) is 0 Å². The summed E-state index contributed by atoms with van der Waals surface area (Å²) in [4.78, 5) is 13.0. The maximum atomic E-state index is 13.5. The second-order valence-corrected chi connectivity index (χ2v) is 8.87. The van der Waals surface area contributed by atoms with Crippen LogP contribution in [-0.4, -0.2) is 34.6 Å². The van der Waals surface area contributed by atoms with Crippen molar-refractivity contribution in [1.82, 2.24) is 0 Å². The maximum absolute atomic E-state index is 13.5. The molecule has 0 heterocycles. The third-order valence-electron chi connectivity index (χ3n) is 4.69. The molecule has 0 atom stereocenters. The molecular formula is C24H26N2O5S. The number of aryl methyl sites for hydroxylation is 1. The van der Waals surface area contributed by atoms with Crippen molar-refractivity contribution < 1.29 is 22.7 Å². The number of ether oxygens (including phenoxy) is 2. The van der Waals surface area contributed by atoms with Gasteiger partial charge in [0.15, 0.2) is 0 Å². The van der Waals surface area contributed by atoms with Crippen LogP contribution >= 0.6 is 0 Å². The van der Waals surface area contributed by atoms with E-state index in [-0.39, 0.29) is 4.90 Å². The van der Waals surface area contributed by atoms with Gasteiger partial charge < -0.3 is 14.8 Å². The summed E-state index contributed by atoms with van der Waals surface area (Å²) in [7, 11) is -2.48. The summed E-state index contributed by atoms with van der Waals surface area (Å²) in [6, 6.07) is 20.1. The SMILES string of the molecule is CCOc1ccccc1NC(=O)CN(c1ccc(OC)cc1)S(=O)(=O)c1cccc(C)c1. The fourth-order valence-corrected chi connectivity index (χ4v) is 4.66. The van der Waals surface area contributed by atoms with E-state index in [4.69, 9.17) is 9.47 Å². The molecule has 1 amide bonds. The fourth-order valence-electron chi connectivity index (χ4n) is 3.14. The monoisotopic (exact) mass is 454 g/mol. The number of sulfonamides is 1. The Bertz CT molecular complexity index is 1180. The Balaban J connectivity index is 1.95. The van der Waals surface area contributed by atoms with Gasteiger partial charge in [-0.25, -0.2) is 8.42 Å². The number of carbonyl (C=O) groups is 1. The van der Waals surface area contributed by atoms with Gasteiger partial charge in [0.1, 0.15) is 18.0 Å². The van der Waals surface area contributed by atoms with Crippen molar-refractivity contribution in [3.63, 3.8) is 0 Å². The number of nitrogens with zero attached hydrogens (tertiary/aromatic N) is 1. The highest BCUT2D eigenvalue weighted by atomic mass is 32.2. The van der Waals surface area contributed by atoms with Gasteiger partial charge in [0, 0.05) is 0 Å². The molecule has 1 N–H and O–H groups in total. The van der Waals surface area contributed by atoms with Crippen LogP contribution in [0.2, 0.25) is 0 Å². The van der Waals surface area contributed by atoms with Gasteiger partial charge in [0.2, 0.25) is 5.91 Å². The van der Waals surface area contributed by atoms with Crippen molar-refractivity contribution in [2.75, 3.05) is 29.9 Å². The van der Waals surface area contributed by atoms with E-state index in [9.17, 15) is 13.2 Å². The number of methoxy groups -OCH3 is 1. The van der Waals surface area contributed by atoms with E-state index in [0.717, 1.165) is 9.87 Å². The lowest BCUT2D eigenvalue weighted by Gasteiger charge is -2.24. The summed E-state index contributed by atoms with van der Waals surface area (Å²) < 4.78 is 38.8. The van der Waals surface area contributed by atoms with E-state index in [2.05, 4.69) is 5.32 Å². The van der Waals surface area contributed by atoms with Gasteiger partial charge in [-0.2, -0.15) is 0 Å². The Morgan fingerprint density at radius 2 is 1.72 bits per heavy atom. The van der Waals surface area contributed by atoms with Crippen LogP contribution in [0.1, 0.15) is 12.5 Å². The van der Waals surface area contributed by atoms with Gasteiger partial charge >= 0.3 is 0 Å². The Kier molecular flexibility index (Phi) is 7.37. The standard InChI is InChI=1S/C24H26N2O5S/c1-4-31-23-11-6-5-10-22(23)25-24(27)17-26(19-12-14-20(30-3)15-13-19)32(28,29)21-9-7-8-18(2)16-21/h5-16H,4,17H2,1-3H3,(H,25,27). The van der Waals surface area contributed by atoms with E-state index in [1.54, 1.807) is 60.7 Å². The lowest BCUT2D eigenvalue weighted by atomic mass is 10.2. The van der Waals surface area contributed by atoms with Crippen LogP contribution in [0.4, 0.5) is 11.4 Å². The summed E-state index contributed by atoms with van der Waals surface area (Å²) in [5, 5.41) is 2.76. The number of rotatable bonds is 9. The van der Waals surface area contributed by atoms with Gasteiger partial charge in [-0.05, 0) is 67.9 Å². The number of nitrogens with one attached hydrogen (secondary N) is 1. The summed E-state index contributed by atoms with van der Waals surface area (Å²) in [5.41, 5.74) is 1.62. The molecule has 8 heteroatoms. The summed E-state index contributed by atoms with van der Waals surface area (Å²) in [6.07, 6.45) is 0. The first-order valence-electron chi connectivity index (χ1n) is 10.1. The van der Waals surface area contributed by atoms with Crippen molar-refractivity contribution in [1.29, 1.82) is 0 Å². The minimum Gasteiger partial charge on any atom is -0.497 e. The predicted octanol–water partition coefficient (Wildman–Crippen LogP) is 4.24. The fraction of sp³-hybridized carbons (Fsp3) is 0.208. The number of anilines is 2.